The lowest BCUT2D eigenvalue weighted by Crippen LogP contribution is -2.41. The molecule has 1 heterocycles. The fourth-order valence-electron chi connectivity index (χ4n) is 3.32. The molecule has 1 aliphatic rings. The van der Waals surface area contributed by atoms with E-state index < -0.39 is 10.7 Å². The van der Waals surface area contributed by atoms with Gasteiger partial charge in [-0.15, -0.1) is 0 Å². The fourth-order valence-corrected chi connectivity index (χ4v) is 3.32. The first-order valence-electron chi connectivity index (χ1n) is 8.91. The average Bonchev–Trinajstić information content (AvgIpc) is 2.67. The van der Waals surface area contributed by atoms with Crippen LogP contribution in [0.1, 0.15) is 18.4 Å². The highest BCUT2D eigenvalue weighted by molar-refractivity contribution is 5.78. The molecule has 1 amide bonds. The molecule has 142 valence electrons. The second-order valence-electron chi connectivity index (χ2n) is 6.67. The van der Waals surface area contributed by atoms with E-state index in [2.05, 4.69) is 12.1 Å². The van der Waals surface area contributed by atoms with Gasteiger partial charge < -0.3 is 9.64 Å². The fraction of sp³-hybridized carbons (Fsp3) is 0.350. The molecule has 0 unspecified atom stereocenters. The Kier molecular flexibility index (Phi) is 6.01. The zero-order valence-electron chi connectivity index (χ0n) is 14.8. The van der Waals surface area contributed by atoms with E-state index in [0.717, 1.165) is 37.5 Å². The van der Waals surface area contributed by atoms with Gasteiger partial charge in [-0.1, -0.05) is 30.3 Å². The van der Waals surface area contributed by atoms with Crippen molar-refractivity contribution in [1.29, 1.82) is 0 Å². The molecule has 7 heteroatoms. The van der Waals surface area contributed by atoms with Crippen LogP contribution in [0.3, 0.4) is 0 Å². The first-order valence-corrected chi connectivity index (χ1v) is 8.91. The van der Waals surface area contributed by atoms with E-state index in [9.17, 15) is 19.3 Å². The lowest BCUT2D eigenvalue weighted by molar-refractivity contribution is -0.385. The summed E-state index contributed by atoms with van der Waals surface area (Å²) in [6.07, 6.45) is 2.80. The number of benzene rings is 2. The van der Waals surface area contributed by atoms with Crippen molar-refractivity contribution in [3.05, 3.63) is 70.0 Å². The third kappa shape index (κ3) is 5.03. The van der Waals surface area contributed by atoms with Gasteiger partial charge in [0, 0.05) is 25.2 Å². The summed E-state index contributed by atoms with van der Waals surface area (Å²) in [6, 6.07) is 13.2. The summed E-state index contributed by atoms with van der Waals surface area (Å²) in [4.78, 5) is 24.4. The van der Waals surface area contributed by atoms with Crippen LogP contribution < -0.4 is 4.74 Å². The Balaban J connectivity index is 1.50. The van der Waals surface area contributed by atoms with Crippen molar-refractivity contribution in [2.75, 3.05) is 19.7 Å². The zero-order valence-corrected chi connectivity index (χ0v) is 14.8. The van der Waals surface area contributed by atoms with Crippen LogP contribution in [0.15, 0.2) is 48.5 Å². The number of halogens is 1. The largest absolute Gasteiger partial charge is 0.477 e. The summed E-state index contributed by atoms with van der Waals surface area (Å²) in [5, 5.41) is 11.0. The average molecular weight is 372 g/mol. The quantitative estimate of drug-likeness (QED) is 0.574. The van der Waals surface area contributed by atoms with Gasteiger partial charge in [0.2, 0.25) is 5.75 Å². The van der Waals surface area contributed by atoms with Crippen LogP contribution in [0.4, 0.5) is 10.1 Å². The summed E-state index contributed by atoms with van der Waals surface area (Å²) in [7, 11) is 0. The maximum atomic E-state index is 13.3. The molecule has 2 aromatic carbocycles. The molecule has 0 bridgehead atoms. The number of carbonyl (C=O) groups is 1. The molecule has 1 fully saturated rings. The lowest BCUT2D eigenvalue weighted by Gasteiger charge is -2.32. The van der Waals surface area contributed by atoms with Crippen molar-refractivity contribution in [3.8, 4) is 5.75 Å². The Labute approximate surface area is 156 Å². The van der Waals surface area contributed by atoms with Gasteiger partial charge in [-0.3, -0.25) is 14.9 Å². The van der Waals surface area contributed by atoms with E-state index >= 15 is 0 Å². The Morgan fingerprint density at radius 3 is 2.56 bits per heavy atom. The summed E-state index contributed by atoms with van der Waals surface area (Å²) in [5.41, 5.74) is 0.940. The normalized spacial score (nSPS) is 14.8. The summed E-state index contributed by atoms with van der Waals surface area (Å²) in [6.45, 7) is 0.920. The molecule has 3 rings (SSSR count). The highest BCUT2D eigenvalue weighted by Crippen LogP contribution is 2.28. The molecule has 0 N–H and O–H groups in total. The first-order chi connectivity index (χ1) is 13.0. The van der Waals surface area contributed by atoms with Crippen molar-refractivity contribution >= 4 is 11.6 Å². The van der Waals surface area contributed by atoms with Crippen LogP contribution in [-0.2, 0) is 11.2 Å². The molecule has 0 radical (unpaired) electrons. The number of rotatable bonds is 6. The molecule has 1 saturated heterocycles. The van der Waals surface area contributed by atoms with E-state index in [1.54, 1.807) is 4.90 Å². The highest BCUT2D eigenvalue weighted by atomic mass is 19.1. The number of carbonyl (C=O) groups excluding carboxylic acids is 1. The van der Waals surface area contributed by atoms with E-state index in [-0.39, 0.29) is 24.0 Å². The van der Waals surface area contributed by atoms with Crippen LogP contribution in [0.2, 0.25) is 0 Å². The minimum absolute atomic E-state index is 0.229. The van der Waals surface area contributed by atoms with Gasteiger partial charge in [0.05, 0.1) is 4.92 Å². The maximum absolute atomic E-state index is 13.3. The monoisotopic (exact) mass is 372 g/mol. The molecule has 0 aromatic heterocycles. The number of hydrogen-bond acceptors (Lipinski definition) is 4. The van der Waals surface area contributed by atoms with Crippen LogP contribution in [-0.4, -0.2) is 35.4 Å². The SMILES string of the molecule is O=C(COc1cc(F)ccc1[N+](=O)[O-])N1CCC(Cc2ccccc2)CC1. The second-order valence-corrected chi connectivity index (χ2v) is 6.67. The van der Waals surface area contributed by atoms with Gasteiger partial charge in [-0.2, -0.15) is 0 Å². The van der Waals surface area contributed by atoms with E-state index in [4.69, 9.17) is 4.74 Å². The number of hydrogen-bond donors (Lipinski definition) is 0. The standard InChI is InChI=1S/C20H21FN2O4/c21-17-6-7-18(23(25)26)19(13-17)27-14-20(24)22-10-8-16(9-11-22)12-15-4-2-1-3-5-15/h1-7,13,16H,8-12,14H2. The smallest absolute Gasteiger partial charge is 0.311 e. The van der Waals surface area contributed by atoms with Crippen molar-refractivity contribution in [2.45, 2.75) is 19.3 Å². The summed E-state index contributed by atoms with van der Waals surface area (Å²) >= 11 is 0. The van der Waals surface area contributed by atoms with E-state index in [0.29, 0.717) is 19.0 Å². The van der Waals surface area contributed by atoms with Crippen LogP contribution in [0.25, 0.3) is 0 Å². The van der Waals surface area contributed by atoms with Crippen molar-refractivity contribution in [3.63, 3.8) is 0 Å². The van der Waals surface area contributed by atoms with E-state index in [1.807, 2.05) is 18.2 Å². The predicted octanol–water partition coefficient (Wildman–Crippen LogP) is 3.59. The Hall–Kier alpha value is -2.96. The molecule has 1 aliphatic heterocycles. The summed E-state index contributed by atoms with van der Waals surface area (Å²) < 4.78 is 18.6. The number of ether oxygens (including phenoxy) is 1. The molecule has 6 nitrogen and oxygen atoms in total. The van der Waals surface area contributed by atoms with Gasteiger partial charge in [0.15, 0.2) is 6.61 Å². The number of likely N-dealkylation sites (tertiary alicyclic amines) is 1. The van der Waals surface area contributed by atoms with Gasteiger partial charge in [0.1, 0.15) is 5.82 Å². The molecule has 0 saturated carbocycles. The molecule has 0 atom stereocenters. The van der Waals surface area contributed by atoms with Crippen molar-refractivity contribution < 1.29 is 18.8 Å². The Morgan fingerprint density at radius 1 is 1.19 bits per heavy atom. The third-order valence-electron chi connectivity index (χ3n) is 4.80. The predicted molar refractivity (Wildman–Crippen MR) is 98.0 cm³/mol. The van der Waals surface area contributed by atoms with Crippen molar-refractivity contribution in [2.24, 2.45) is 5.92 Å². The van der Waals surface area contributed by atoms with Gasteiger partial charge >= 0.3 is 5.69 Å². The van der Waals surface area contributed by atoms with Crippen LogP contribution in [0.5, 0.6) is 5.75 Å². The number of nitro groups is 1. The molecule has 2 aromatic rings. The number of nitro benzene ring substituents is 1. The van der Waals surface area contributed by atoms with Gasteiger partial charge in [-0.05, 0) is 36.8 Å². The molecule has 0 spiro atoms. The van der Waals surface area contributed by atoms with Gasteiger partial charge in [0.25, 0.3) is 5.91 Å². The number of amides is 1. The third-order valence-corrected chi connectivity index (χ3v) is 4.80. The maximum Gasteiger partial charge on any atom is 0.311 e. The molecule has 27 heavy (non-hydrogen) atoms. The van der Waals surface area contributed by atoms with Crippen molar-refractivity contribution in [1.82, 2.24) is 4.90 Å². The topological polar surface area (TPSA) is 72.7 Å². The second kappa shape index (κ2) is 8.62. The Bertz CT molecular complexity index is 805. The minimum atomic E-state index is -0.658. The highest BCUT2D eigenvalue weighted by Gasteiger charge is 2.24. The lowest BCUT2D eigenvalue weighted by atomic mass is 9.90. The molecular weight excluding hydrogens is 351 g/mol. The van der Waals surface area contributed by atoms with Gasteiger partial charge in [-0.25, -0.2) is 4.39 Å². The summed E-state index contributed by atoms with van der Waals surface area (Å²) in [5.74, 6) is -0.592. The molecule has 0 aliphatic carbocycles. The Morgan fingerprint density at radius 2 is 1.89 bits per heavy atom. The number of nitrogens with zero attached hydrogens (tertiary/aromatic N) is 2. The zero-order chi connectivity index (χ0) is 19.2. The van der Waals surface area contributed by atoms with Crippen LogP contribution in [0, 0.1) is 21.8 Å². The molecular formula is C20H21FN2O4. The minimum Gasteiger partial charge on any atom is -0.477 e. The van der Waals surface area contributed by atoms with E-state index in [1.165, 1.54) is 5.56 Å². The van der Waals surface area contributed by atoms with Crippen LogP contribution >= 0.6 is 0 Å². The first kappa shape index (κ1) is 18.8. The number of piperidine rings is 1.